The second kappa shape index (κ2) is 5.60. The van der Waals surface area contributed by atoms with Crippen LogP contribution >= 0.6 is 0 Å². The molecule has 1 saturated heterocycles. The van der Waals surface area contributed by atoms with Crippen LogP contribution in [0.25, 0.3) is 0 Å². The smallest absolute Gasteiger partial charge is 0.313 e. The molecule has 1 aliphatic rings. The number of carbonyl (C=O) groups is 2. The van der Waals surface area contributed by atoms with Crippen LogP contribution in [0.1, 0.15) is 18.5 Å². The number of nitrogens with two attached hydrogens (primary N) is 1. The molecule has 1 aliphatic heterocycles. The van der Waals surface area contributed by atoms with Crippen molar-refractivity contribution in [1.29, 1.82) is 0 Å². The molecule has 0 radical (unpaired) electrons. The van der Waals surface area contributed by atoms with E-state index in [2.05, 4.69) is 5.32 Å². The minimum absolute atomic E-state index is 0.0772. The lowest BCUT2D eigenvalue weighted by Crippen LogP contribution is -2.51. The summed E-state index contributed by atoms with van der Waals surface area (Å²) in [5.74, 6) is -1.40. The molecule has 20 heavy (non-hydrogen) atoms. The topological polar surface area (TPSA) is 102 Å². The predicted molar refractivity (Wildman–Crippen MR) is 71.9 cm³/mol. The van der Waals surface area contributed by atoms with Gasteiger partial charge in [-0.25, -0.2) is 0 Å². The molecule has 108 valence electrons. The Morgan fingerprint density at radius 1 is 1.45 bits per heavy atom. The summed E-state index contributed by atoms with van der Waals surface area (Å²) in [4.78, 5) is 23.4. The zero-order valence-electron chi connectivity index (χ0n) is 11.2. The summed E-state index contributed by atoms with van der Waals surface area (Å²) in [6.45, 7) is 1.81. The van der Waals surface area contributed by atoms with Gasteiger partial charge >= 0.3 is 5.97 Å². The molecule has 3 atom stereocenters. The minimum atomic E-state index is -1.12. The normalized spacial score (nSPS) is 27.0. The van der Waals surface area contributed by atoms with Crippen molar-refractivity contribution in [3.05, 3.63) is 35.9 Å². The number of nitrogens with one attached hydrogen (secondary N) is 1. The Morgan fingerprint density at radius 2 is 2.10 bits per heavy atom. The number of benzene rings is 1. The third-order valence-electron chi connectivity index (χ3n) is 3.70. The first-order chi connectivity index (χ1) is 9.45. The standard InChI is InChI=1S/C14H18N2O4/c1-14(13(18)19)8-20-7-10(14)16-12(17)11(15)9-5-3-2-4-6-9/h2-6,10-11H,7-8,15H2,1H3,(H,16,17)(H,18,19)/t10?,11-,14?/m0/s1. The molecule has 4 N–H and O–H groups in total. The highest BCUT2D eigenvalue weighted by Gasteiger charge is 2.47. The first kappa shape index (κ1) is 14.5. The van der Waals surface area contributed by atoms with E-state index in [0.29, 0.717) is 5.56 Å². The minimum Gasteiger partial charge on any atom is -0.481 e. The maximum absolute atomic E-state index is 12.1. The number of aliphatic carboxylic acids is 1. The fraction of sp³-hybridized carbons (Fsp3) is 0.429. The average Bonchev–Trinajstić information content (AvgIpc) is 2.81. The molecule has 0 spiro atoms. The average molecular weight is 278 g/mol. The van der Waals surface area contributed by atoms with E-state index in [1.807, 2.05) is 6.07 Å². The van der Waals surface area contributed by atoms with Gasteiger partial charge in [0.1, 0.15) is 11.5 Å². The Balaban J connectivity index is 2.06. The second-order valence-corrected chi connectivity index (χ2v) is 5.19. The van der Waals surface area contributed by atoms with E-state index >= 15 is 0 Å². The largest absolute Gasteiger partial charge is 0.481 e. The molecule has 2 rings (SSSR count). The third kappa shape index (κ3) is 2.66. The molecule has 0 saturated carbocycles. The predicted octanol–water partition coefficient (Wildman–Crippen LogP) is 0.292. The van der Waals surface area contributed by atoms with Crippen LogP contribution in [-0.4, -0.2) is 36.2 Å². The summed E-state index contributed by atoms with van der Waals surface area (Å²) in [5, 5.41) is 11.9. The summed E-state index contributed by atoms with van der Waals surface area (Å²) in [6.07, 6.45) is 0. The molecule has 1 aromatic carbocycles. The van der Waals surface area contributed by atoms with Gasteiger partial charge < -0.3 is 20.9 Å². The van der Waals surface area contributed by atoms with Gasteiger partial charge in [-0.3, -0.25) is 9.59 Å². The quantitative estimate of drug-likeness (QED) is 0.735. The number of hydrogen-bond donors (Lipinski definition) is 3. The van der Waals surface area contributed by atoms with E-state index in [-0.39, 0.29) is 13.2 Å². The first-order valence-electron chi connectivity index (χ1n) is 6.37. The van der Waals surface area contributed by atoms with Crippen LogP contribution in [0.4, 0.5) is 0 Å². The Kier molecular flexibility index (Phi) is 4.06. The van der Waals surface area contributed by atoms with Gasteiger partial charge in [-0.15, -0.1) is 0 Å². The van der Waals surface area contributed by atoms with Crippen LogP contribution in [0.2, 0.25) is 0 Å². The van der Waals surface area contributed by atoms with Gasteiger partial charge in [0.2, 0.25) is 5.91 Å². The summed E-state index contributed by atoms with van der Waals surface area (Å²) in [7, 11) is 0. The van der Waals surface area contributed by atoms with Gasteiger partial charge in [0.05, 0.1) is 19.3 Å². The monoisotopic (exact) mass is 278 g/mol. The molecule has 1 amide bonds. The molecule has 0 aliphatic carbocycles. The van der Waals surface area contributed by atoms with E-state index in [1.165, 1.54) is 0 Å². The Bertz CT molecular complexity index is 505. The lowest BCUT2D eigenvalue weighted by Gasteiger charge is -2.26. The number of carboxylic acid groups (broad SMARTS) is 1. The van der Waals surface area contributed by atoms with Gasteiger partial charge in [-0.2, -0.15) is 0 Å². The fourth-order valence-corrected chi connectivity index (χ4v) is 2.16. The molecule has 6 heteroatoms. The molecule has 1 fully saturated rings. The summed E-state index contributed by atoms with van der Waals surface area (Å²) in [6, 6.07) is 7.53. The van der Waals surface area contributed by atoms with Crippen molar-refractivity contribution in [2.45, 2.75) is 19.0 Å². The van der Waals surface area contributed by atoms with Gasteiger partial charge in [0, 0.05) is 0 Å². The van der Waals surface area contributed by atoms with Crippen LogP contribution in [0, 0.1) is 5.41 Å². The van der Waals surface area contributed by atoms with Crippen LogP contribution < -0.4 is 11.1 Å². The lowest BCUT2D eigenvalue weighted by atomic mass is 9.85. The highest BCUT2D eigenvalue weighted by molar-refractivity contribution is 5.84. The van der Waals surface area contributed by atoms with Crippen molar-refractivity contribution >= 4 is 11.9 Å². The van der Waals surface area contributed by atoms with Crippen molar-refractivity contribution in [3.8, 4) is 0 Å². The zero-order valence-corrected chi connectivity index (χ0v) is 11.2. The van der Waals surface area contributed by atoms with E-state index in [0.717, 1.165) is 0 Å². The van der Waals surface area contributed by atoms with Crippen LogP contribution in [-0.2, 0) is 14.3 Å². The Morgan fingerprint density at radius 3 is 2.70 bits per heavy atom. The van der Waals surface area contributed by atoms with Crippen LogP contribution in [0.15, 0.2) is 30.3 Å². The van der Waals surface area contributed by atoms with Crippen LogP contribution in [0.3, 0.4) is 0 Å². The molecule has 1 aromatic rings. The van der Waals surface area contributed by atoms with Crippen molar-refractivity contribution < 1.29 is 19.4 Å². The Hall–Kier alpha value is -1.92. The molecule has 2 unspecified atom stereocenters. The van der Waals surface area contributed by atoms with E-state index in [9.17, 15) is 14.7 Å². The van der Waals surface area contributed by atoms with E-state index in [1.54, 1.807) is 31.2 Å². The van der Waals surface area contributed by atoms with Crippen LogP contribution in [0.5, 0.6) is 0 Å². The number of carbonyl (C=O) groups excluding carboxylic acids is 1. The molecular formula is C14H18N2O4. The molecule has 0 bridgehead atoms. The number of carboxylic acids is 1. The van der Waals surface area contributed by atoms with Crippen molar-refractivity contribution in [1.82, 2.24) is 5.32 Å². The second-order valence-electron chi connectivity index (χ2n) is 5.19. The van der Waals surface area contributed by atoms with E-state index < -0.39 is 29.4 Å². The zero-order chi connectivity index (χ0) is 14.8. The first-order valence-corrected chi connectivity index (χ1v) is 6.37. The highest BCUT2D eigenvalue weighted by atomic mass is 16.5. The van der Waals surface area contributed by atoms with Gasteiger partial charge in [0.15, 0.2) is 0 Å². The molecule has 0 aromatic heterocycles. The molecular weight excluding hydrogens is 260 g/mol. The van der Waals surface area contributed by atoms with Gasteiger partial charge in [-0.1, -0.05) is 30.3 Å². The number of ether oxygens (including phenoxy) is 1. The summed E-state index contributed by atoms with van der Waals surface area (Å²) >= 11 is 0. The van der Waals surface area contributed by atoms with Gasteiger partial charge in [0.25, 0.3) is 0 Å². The lowest BCUT2D eigenvalue weighted by molar-refractivity contribution is -0.149. The third-order valence-corrected chi connectivity index (χ3v) is 3.70. The number of amides is 1. The van der Waals surface area contributed by atoms with Crippen molar-refractivity contribution in [2.24, 2.45) is 11.1 Å². The van der Waals surface area contributed by atoms with Crippen molar-refractivity contribution in [2.75, 3.05) is 13.2 Å². The maximum Gasteiger partial charge on any atom is 0.313 e. The molecule has 1 heterocycles. The summed E-state index contributed by atoms with van der Waals surface area (Å²) < 4.78 is 5.18. The fourth-order valence-electron chi connectivity index (χ4n) is 2.16. The van der Waals surface area contributed by atoms with Crippen molar-refractivity contribution in [3.63, 3.8) is 0 Å². The van der Waals surface area contributed by atoms with Gasteiger partial charge in [-0.05, 0) is 12.5 Å². The molecule has 6 nitrogen and oxygen atoms in total. The number of hydrogen-bond acceptors (Lipinski definition) is 4. The maximum atomic E-state index is 12.1. The number of rotatable bonds is 4. The Labute approximate surface area is 116 Å². The summed E-state index contributed by atoms with van der Waals surface area (Å²) in [5.41, 5.74) is 5.44. The SMILES string of the molecule is CC1(C(=O)O)COCC1NC(=O)[C@@H](N)c1ccccc1. The van der Waals surface area contributed by atoms with E-state index in [4.69, 9.17) is 10.5 Å². The highest BCUT2D eigenvalue weighted by Crippen LogP contribution is 2.29.